The van der Waals surface area contributed by atoms with Crippen LogP contribution in [-0.4, -0.2) is 62.2 Å². The van der Waals surface area contributed by atoms with Crippen molar-refractivity contribution >= 4 is 5.69 Å². The number of ether oxygens (including phenoxy) is 1. The number of nitrogens with zero attached hydrogens (tertiary/aromatic N) is 1. The summed E-state index contributed by atoms with van der Waals surface area (Å²) in [5, 5.41) is 49.9. The zero-order valence-corrected chi connectivity index (χ0v) is 12.5. The summed E-state index contributed by atoms with van der Waals surface area (Å²) in [7, 11) is 0. The number of rotatable bonds is 3. The first-order valence-corrected chi connectivity index (χ1v) is 7.39. The summed E-state index contributed by atoms with van der Waals surface area (Å²) in [6.45, 7) is -0.557. The molecular weight excluding hydrogens is 324 g/mol. The van der Waals surface area contributed by atoms with Crippen LogP contribution >= 0.6 is 0 Å². The largest absolute Gasteiger partial charge is 0.394 e. The lowest BCUT2D eigenvalue weighted by Gasteiger charge is -2.45. The summed E-state index contributed by atoms with van der Waals surface area (Å²) < 4.78 is 5.49. The van der Waals surface area contributed by atoms with Crippen molar-refractivity contribution in [3.05, 3.63) is 39.9 Å². The van der Waals surface area contributed by atoms with Crippen LogP contribution in [0.25, 0.3) is 0 Å². The van der Waals surface area contributed by atoms with E-state index in [0.717, 1.165) is 0 Å². The Balaban J connectivity index is 1.79. The summed E-state index contributed by atoms with van der Waals surface area (Å²) in [6.07, 6.45) is -5.57. The van der Waals surface area contributed by atoms with Crippen molar-refractivity contribution in [2.45, 2.75) is 42.7 Å². The van der Waals surface area contributed by atoms with Crippen LogP contribution in [0.15, 0.2) is 24.3 Å². The van der Waals surface area contributed by atoms with Crippen molar-refractivity contribution in [1.82, 2.24) is 5.48 Å². The van der Waals surface area contributed by atoms with Crippen molar-refractivity contribution in [3.63, 3.8) is 0 Å². The molecule has 10 heteroatoms. The summed E-state index contributed by atoms with van der Waals surface area (Å²) >= 11 is 0. The van der Waals surface area contributed by atoms with Gasteiger partial charge in [0, 0.05) is 18.6 Å². The van der Waals surface area contributed by atoms with Crippen molar-refractivity contribution in [2.24, 2.45) is 0 Å². The van der Waals surface area contributed by atoms with Crippen molar-refractivity contribution in [1.29, 1.82) is 0 Å². The molecule has 0 radical (unpaired) electrons. The van der Waals surface area contributed by atoms with Crippen molar-refractivity contribution < 1.29 is 34.9 Å². The fraction of sp³-hybridized carbons (Fsp3) is 0.571. The number of hydrogen-bond acceptors (Lipinski definition) is 9. The van der Waals surface area contributed by atoms with Crippen LogP contribution in [0.4, 0.5) is 5.69 Å². The molecule has 0 aromatic heterocycles. The minimum Gasteiger partial charge on any atom is -0.394 e. The molecule has 6 atom stereocenters. The van der Waals surface area contributed by atoms with Gasteiger partial charge in [0.15, 0.2) is 0 Å². The Bertz CT molecular complexity index is 609. The fourth-order valence-corrected chi connectivity index (χ4v) is 3.01. The molecule has 1 aromatic rings. The Morgan fingerprint density at radius 3 is 2.50 bits per heavy atom. The van der Waals surface area contributed by atoms with Gasteiger partial charge < -0.3 is 25.2 Å². The summed E-state index contributed by atoms with van der Waals surface area (Å²) in [5.74, 6) is -1.64. The second kappa shape index (κ2) is 6.33. The summed E-state index contributed by atoms with van der Waals surface area (Å²) in [4.78, 5) is 15.5. The fourth-order valence-electron chi connectivity index (χ4n) is 3.01. The van der Waals surface area contributed by atoms with Gasteiger partial charge in [-0.2, -0.15) is 5.48 Å². The number of nitro benzene ring substituents is 1. The molecule has 24 heavy (non-hydrogen) atoms. The van der Waals surface area contributed by atoms with Gasteiger partial charge in [-0.3, -0.25) is 15.0 Å². The first-order valence-electron chi connectivity index (χ1n) is 7.39. The highest BCUT2D eigenvalue weighted by Gasteiger charge is 2.58. The number of aliphatic hydroxyl groups is 4. The third-order valence-electron chi connectivity index (χ3n) is 4.40. The van der Waals surface area contributed by atoms with E-state index in [1.165, 1.54) is 12.1 Å². The third-order valence-corrected chi connectivity index (χ3v) is 4.40. The van der Waals surface area contributed by atoms with Gasteiger partial charge in [0.2, 0.25) is 5.79 Å². The molecule has 2 fully saturated rings. The van der Waals surface area contributed by atoms with Gasteiger partial charge in [0.05, 0.1) is 17.6 Å². The number of hydrogen-bond donors (Lipinski definition) is 5. The van der Waals surface area contributed by atoms with Crippen LogP contribution in [0, 0.1) is 10.1 Å². The number of nitrogens with one attached hydrogen (secondary N) is 1. The number of nitro groups is 1. The lowest BCUT2D eigenvalue weighted by atomic mass is 9.88. The topological polar surface area (TPSA) is 155 Å². The van der Waals surface area contributed by atoms with Crippen molar-refractivity contribution in [2.75, 3.05) is 6.61 Å². The second-order valence-electron chi connectivity index (χ2n) is 5.90. The van der Waals surface area contributed by atoms with Gasteiger partial charge in [0.25, 0.3) is 5.69 Å². The van der Waals surface area contributed by atoms with Gasteiger partial charge in [0.1, 0.15) is 24.4 Å². The van der Waals surface area contributed by atoms with Crippen LogP contribution in [-0.2, 0) is 9.57 Å². The highest BCUT2D eigenvalue weighted by Crippen LogP contribution is 2.42. The molecule has 2 aliphatic rings. The predicted molar refractivity (Wildman–Crippen MR) is 77.4 cm³/mol. The zero-order chi connectivity index (χ0) is 17.5. The van der Waals surface area contributed by atoms with E-state index in [4.69, 9.17) is 9.57 Å². The number of benzene rings is 1. The predicted octanol–water partition coefficient (Wildman–Crippen LogP) is -1.27. The van der Waals surface area contributed by atoms with Gasteiger partial charge in [-0.15, -0.1) is 0 Å². The standard InChI is InChI=1S/C14H18N2O8/c17-6-10-11(18)12(19)13(20)14(23-10)5-9(15-24-14)7-1-3-8(4-2-7)16(21)22/h1-4,9-13,15,17-20H,5-6H2/t9?,10-,11-,12+,13-,14-/m1/s1. The SMILES string of the molecule is O=[N+]([O-])c1ccc(C2C[C@]3(ON2)O[C@H](CO)[C@@H](O)[C@H](O)[C@H]3O)cc1. The molecule has 5 N–H and O–H groups in total. The molecule has 0 amide bonds. The Labute approximate surface area is 136 Å². The maximum absolute atomic E-state index is 10.7. The summed E-state index contributed by atoms with van der Waals surface area (Å²) in [6, 6.07) is 5.32. The highest BCUT2D eigenvalue weighted by molar-refractivity contribution is 5.34. The van der Waals surface area contributed by atoms with Crippen LogP contribution in [0.3, 0.4) is 0 Å². The van der Waals surface area contributed by atoms with E-state index >= 15 is 0 Å². The molecule has 0 bridgehead atoms. The molecular formula is C14H18N2O8. The Morgan fingerprint density at radius 1 is 1.25 bits per heavy atom. The smallest absolute Gasteiger partial charge is 0.269 e. The van der Waals surface area contributed by atoms with E-state index < -0.39 is 47.8 Å². The maximum atomic E-state index is 10.7. The molecule has 0 aliphatic carbocycles. The minimum absolute atomic E-state index is 0.0554. The van der Waals surface area contributed by atoms with E-state index in [1.807, 2.05) is 0 Å². The molecule has 3 rings (SSSR count). The van der Waals surface area contributed by atoms with Crippen LogP contribution < -0.4 is 5.48 Å². The van der Waals surface area contributed by atoms with Crippen molar-refractivity contribution in [3.8, 4) is 0 Å². The van der Waals surface area contributed by atoms with Gasteiger partial charge in [-0.25, -0.2) is 0 Å². The lowest BCUT2D eigenvalue weighted by Crippen LogP contribution is -2.65. The Hall–Kier alpha value is -1.66. The number of aliphatic hydroxyl groups excluding tert-OH is 4. The zero-order valence-electron chi connectivity index (χ0n) is 12.5. The second-order valence-corrected chi connectivity index (χ2v) is 5.90. The maximum Gasteiger partial charge on any atom is 0.269 e. The quantitative estimate of drug-likeness (QED) is 0.334. The van der Waals surface area contributed by atoms with E-state index in [-0.39, 0.29) is 12.1 Å². The average molecular weight is 342 g/mol. The van der Waals surface area contributed by atoms with E-state index in [2.05, 4.69) is 5.48 Å². The molecule has 2 heterocycles. The molecule has 1 unspecified atom stereocenters. The van der Waals surface area contributed by atoms with Gasteiger partial charge >= 0.3 is 0 Å². The molecule has 10 nitrogen and oxygen atoms in total. The van der Waals surface area contributed by atoms with Crippen LogP contribution in [0.2, 0.25) is 0 Å². The molecule has 1 spiro atoms. The van der Waals surface area contributed by atoms with E-state index in [9.17, 15) is 30.5 Å². The van der Waals surface area contributed by atoms with Crippen LogP contribution in [0.5, 0.6) is 0 Å². The first-order chi connectivity index (χ1) is 11.4. The molecule has 2 aliphatic heterocycles. The monoisotopic (exact) mass is 342 g/mol. The molecule has 1 aromatic carbocycles. The average Bonchev–Trinajstić information content (AvgIpc) is 3.02. The molecule has 132 valence electrons. The number of hydroxylamine groups is 1. The molecule has 0 saturated carbocycles. The normalized spacial score (nSPS) is 39.2. The third kappa shape index (κ3) is 2.78. The van der Waals surface area contributed by atoms with Gasteiger partial charge in [-0.05, 0) is 5.56 Å². The van der Waals surface area contributed by atoms with Gasteiger partial charge in [-0.1, -0.05) is 12.1 Å². The number of non-ortho nitro benzene ring substituents is 1. The van der Waals surface area contributed by atoms with E-state index in [1.54, 1.807) is 12.1 Å². The Kier molecular flexibility index (Phi) is 4.53. The van der Waals surface area contributed by atoms with E-state index in [0.29, 0.717) is 5.56 Å². The Morgan fingerprint density at radius 2 is 1.92 bits per heavy atom. The summed E-state index contributed by atoms with van der Waals surface area (Å²) in [5.41, 5.74) is 3.27. The minimum atomic E-state index is -1.64. The highest BCUT2D eigenvalue weighted by atomic mass is 16.8. The molecule has 2 saturated heterocycles. The van der Waals surface area contributed by atoms with Crippen LogP contribution in [0.1, 0.15) is 18.0 Å². The lowest BCUT2D eigenvalue weighted by molar-refractivity contribution is -0.384. The first kappa shape index (κ1) is 17.2.